The van der Waals surface area contributed by atoms with Crippen molar-refractivity contribution in [1.82, 2.24) is 14.9 Å². The summed E-state index contributed by atoms with van der Waals surface area (Å²) >= 11 is 0. The van der Waals surface area contributed by atoms with Crippen LogP contribution in [0.4, 0.5) is 10.1 Å². The highest BCUT2D eigenvalue weighted by Gasteiger charge is 2.29. The van der Waals surface area contributed by atoms with Gasteiger partial charge in [-0.25, -0.2) is 14.2 Å². The van der Waals surface area contributed by atoms with E-state index in [0.29, 0.717) is 43.9 Å². The maximum absolute atomic E-state index is 13.2. The van der Waals surface area contributed by atoms with Crippen molar-refractivity contribution in [2.24, 2.45) is 5.92 Å². The summed E-state index contributed by atoms with van der Waals surface area (Å²) < 4.78 is 21.1. The van der Waals surface area contributed by atoms with Crippen molar-refractivity contribution in [3.05, 3.63) is 114 Å². The number of nitrogens with one attached hydrogen (secondary N) is 1. The van der Waals surface area contributed by atoms with Crippen LogP contribution in [0.15, 0.2) is 91.4 Å². The summed E-state index contributed by atoms with van der Waals surface area (Å²) in [6.07, 6.45) is 4.64. The topological polar surface area (TPSA) is 96.7 Å². The molecule has 4 aromatic rings. The van der Waals surface area contributed by atoms with E-state index in [4.69, 9.17) is 4.74 Å². The summed E-state index contributed by atoms with van der Waals surface area (Å²) in [5.74, 6) is -1.28. The number of nitrogens with zero attached hydrogens (tertiary/aromatic N) is 3. The van der Waals surface area contributed by atoms with Crippen LogP contribution in [0.5, 0.6) is 5.75 Å². The molecule has 42 heavy (non-hydrogen) atoms. The Labute approximate surface area is 244 Å². The van der Waals surface area contributed by atoms with E-state index in [1.54, 1.807) is 18.5 Å². The lowest BCUT2D eigenvalue weighted by Crippen LogP contribution is -2.47. The number of ether oxygens (including phenoxy) is 1. The Hall–Kier alpha value is -4.66. The van der Waals surface area contributed by atoms with Crippen molar-refractivity contribution in [2.75, 3.05) is 18.0 Å². The Bertz CT molecular complexity index is 1480. The number of piperidine rings is 1. The number of anilines is 1. The fourth-order valence-corrected chi connectivity index (χ4v) is 5.25. The zero-order chi connectivity index (χ0) is 29.5. The number of aromatic nitrogens is 2. The monoisotopic (exact) mass is 570 g/mol. The van der Waals surface area contributed by atoms with E-state index in [9.17, 15) is 19.1 Å². The van der Waals surface area contributed by atoms with Gasteiger partial charge < -0.3 is 24.6 Å². The number of carbonyl (C=O) groups excluding carboxylic acids is 1. The number of rotatable bonds is 11. The van der Waals surface area contributed by atoms with Gasteiger partial charge in [-0.3, -0.25) is 4.79 Å². The molecule has 0 saturated carbocycles. The molecule has 2 heterocycles. The third-order valence-corrected chi connectivity index (χ3v) is 7.62. The van der Waals surface area contributed by atoms with Crippen LogP contribution in [-0.2, 0) is 22.6 Å². The third kappa shape index (κ3) is 7.54. The molecule has 1 unspecified atom stereocenters. The predicted molar refractivity (Wildman–Crippen MR) is 158 cm³/mol. The van der Waals surface area contributed by atoms with Crippen LogP contribution in [0.25, 0.3) is 0 Å². The van der Waals surface area contributed by atoms with Crippen LogP contribution >= 0.6 is 0 Å². The molecule has 1 aliphatic heterocycles. The van der Waals surface area contributed by atoms with Crippen molar-refractivity contribution >= 4 is 17.6 Å². The molecule has 2 atom stereocenters. The number of halogens is 1. The lowest BCUT2D eigenvalue weighted by Gasteiger charge is -2.33. The summed E-state index contributed by atoms with van der Waals surface area (Å²) in [7, 11) is 0. The predicted octanol–water partition coefficient (Wildman–Crippen LogP) is 5.24. The standard InChI is InChI=1S/C33H35FN4O4/c1-23(42-30-12-10-27(34)11-13-30)26-8-5-9-29(18-26)38-16-14-25(15-17-38)32(39)36-31(33(40)41)19-28-21-37(22-35-28)20-24-6-3-2-4-7-24/h2-13,18,21-23,25,31H,14-17,19-20H2,1H3,(H,36,39)(H,40,41)/t23?,31-/m0/s1. The van der Waals surface area contributed by atoms with Gasteiger partial charge in [-0.2, -0.15) is 0 Å². The quantitative estimate of drug-likeness (QED) is 0.256. The zero-order valence-corrected chi connectivity index (χ0v) is 23.5. The van der Waals surface area contributed by atoms with Gasteiger partial charge >= 0.3 is 5.97 Å². The number of carbonyl (C=O) groups is 2. The van der Waals surface area contributed by atoms with Gasteiger partial charge in [0.1, 0.15) is 23.7 Å². The lowest BCUT2D eigenvalue weighted by atomic mass is 9.94. The van der Waals surface area contributed by atoms with E-state index >= 15 is 0 Å². The number of carboxylic acids is 1. The van der Waals surface area contributed by atoms with Gasteiger partial charge in [0.25, 0.3) is 0 Å². The Kier molecular flexibility index (Phi) is 9.16. The lowest BCUT2D eigenvalue weighted by molar-refractivity contribution is -0.142. The van der Waals surface area contributed by atoms with Gasteiger partial charge in [0.15, 0.2) is 0 Å². The number of hydrogen-bond acceptors (Lipinski definition) is 5. The first-order valence-corrected chi connectivity index (χ1v) is 14.2. The third-order valence-electron chi connectivity index (χ3n) is 7.62. The SMILES string of the molecule is CC(Oc1ccc(F)cc1)c1cccc(N2CCC(C(=O)N[C@@H](Cc3cn(Cc4ccccc4)cn3)C(=O)O)CC2)c1. The van der Waals surface area contributed by atoms with Gasteiger partial charge in [-0.05, 0) is 67.3 Å². The molecule has 1 aliphatic rings. The molecule has 1 aromatic heterocycles. The molecule has 2 N–H and O–H groups in total. The van der Waals surface area contributed by atoms with Crippen molar-refractivity contribution in [3.8, 4) is 5.75 Å². The van der Waals surface area contributed by atoms with Gasteiger partial charge in [-0.15, -0.1) is 0 Å². The van der Waals surface area contributed by atoms with Gasteiger partial charge in [0, 0.05) is 43.9 Å². The molecular weight excluding hydrogens is 535 g/mol. The normalized spacial score (nSPS) is 15.1. The van der Waals surface area contributed by atoms with Crippen LogP contribution in [0.2, 0.25) is 0 Å². The molecule has 8 nitrogen and oxygen atoms in total. The van der Waals surface area contributed by atoms with Crippen LogP contribution < -0.4 is 15.0 Å². The average molecular weight is 571 g/mol. The first kappa shape index (κ1) is 28.9. The molecule has 1 saturated heterocycles. The summed E-state index contributed by atoms with van der Waals surface area (Å²) in [6, 6.07) is 22.9. The largest absolute Gasteiger partial charge is 0.486 e. The van der Waals surface area contributed by atoms with Crippen molar-refractivity contribution < 1.29 is 23.8 Å². The molecule has 9 heteroatoms. The fourth-order valence-electron chi connectivity index (χ4n) is 5.25. The average Bonchev–Trinajstić information content (AvgIpc) is 3.45. The van der Waals surface area contributed by atoms with E-state index in [-0.39, 0.29) is 30.2 Å². The summed E-state index contributed by atoms with van der Waals surface area (Å²) in [4.78, 5) is 31.7. The van der Waals surface area contributed by atoms with E-state index in [2.05, 4.69) is 21.3 Å². The number of benzene rings is 3. The van der Waals surface area contributed by atoms with Gasteiger partial charge in [0.05, 0.1) is 12.0 Å². The van der Waals surface area contributed by atoms with Crippen LogP contribution in [0.1, 0.15) is 42.7 Å². The Morgan fingerprint density at radius 3 is 2.50 bits per heavy atom. The minimum Gasteiger partial charge on any atom is -0.486 e. The Morgan fingerprint density at radius 1 is 1.05 bits per heavy atom. The summed E-state index contributed by atoms with van der Waals surface area (Å²) in [5.41, 5.74) is 3.77. The molecule has 0 radical (unpaired) electrons. The van der Waals surface area contributed by atoms with Crippen molar-refractivity contribution in [2.45, 2.75) is 44.9 Å². The highest BCUT2D eigenvalue weighted by molar-refractivity contribution is 5.85. The number of carboxylic acid groups (broad SMARTS) is 1. The highest BCUT2D eigenvalue weighted by atomic mass is 19.1. The minimum atomic E-state index is -1.08. The molecule has 5 rings (SSSR count). The number of hydrogen-bond donors (Lipinski definition) is 2. The van der Waals surface area contributed by atoms with Crippen LogP contribution in [0.3, 0.4) is 0 Å². The molecule has 1 amide bonds. The van der Waals surface area contributed by atoms with E-state index < -0.39 is 12.0 Å². The second-order valence-electron chi connectivity index (χ2n) is 10.7. The molecule has 0 aliphatic carbocycles. The van der Waals surface area contributed by atoms with Crippen molar-refractivity contribution in [1.29, 1.82) is 0 Å². The fraction of sp³-hybridized carbons (Fsp3) is 0.303. The first-order chi connectivity index (χ1) is 20.3. The maximum atomic E-state index is 13.2. The van der Waals surface area contributed by atoms with Crippen LogP contribution in [-0.4, -0.2) is 45.7 Å². The van der Waals surface area contributed by atoms with Gasteiger partial charge in [0.2, 0.25) is 5.91 Å². The number of imidazole rings is 1. The van der Waals surface area contributed by atoms with Crippen LogP contribution in [0, 0.1) is 11.7 Å². The minimum absolute atomic E-state index is 0.118. The first-order valence-electron chi connectivity index (χ1n) is 14.2. The number of amides is 1. The van der Waals surface area contributed by atoms with Gasteiger partial charge in [-0.1, -0.05) is 42.5 Å². The molecule has 218 valence electrons. The Morgan fingerprint density at radius 2 is 1.79 bits per heavy atom. The van der Waals surface area contributed by atoms with E-state index in [0.717, 1.165) is 16.8 Å². The number of aliphatic carboxylic acids is 1. The molecular formula is C33H35FN4O4. The second-order valence-corrected chi connectivity index (χ2v) is 10.7. The summed E-state index contributed by atoms with van der Waals surface area (Å²) in [5, 5.41) is 12.6. The second kappa shape index (κ2) is 13.3. The molecule has 3 aromatic carbocycles. The molecule has 0 bridgehead atoms. The Balaban J connectivity index is 1.13. The smallest absolute Gasteiger partial charge is 0.326 e. The zero-order valence-electron chi connectivity index (χ0n) is 23.5. The van der Waals surface area contributed by atoms with E-state index in [1.807, 2.05) is 66.2 Å². The van der Waals surface area contributed by atoms with Crippen molar-refractivity contribution in [3.63, 3.8) is 0 Å². The summed E-state index contributed by atoms with van der Waals surface area (Å²) in [6.45, 7) is 3.94. The molecule has 1 fully saturated rings. The maximum Gasteiger partial charge on any atom is 0.326 e. The van der Waals surface area contributed by atoms with E-state index in [1.165, 1.54) is 12.1 Å². The molecule has 0 spiro atoms. The highest BCUT2D eigenvalue weighted by Crippen LogP contribution is 2.28.